The van der Waals surface area contributed by atoms with Gasteiger partial charge >= 0.3 is 0 Å². The van der Waals surface area contributed by atoms with Gasteiger partial charge in [-0.3, -0.25) is 4.79 Å². The Balaban J connectivity index is 2.36. The van der Waals surface area contributed by atoms with E-state index in [0.29, 0.717) is 17.3 Å². The molecule has 3 N–H and O–H groups in total. The predicted molar refractivity (Wildman–Crippen MR) is 81.4 cm³/mol. The summed E-state index contributed by atoms with van der Waals surface area (Å²) in [6.45, 7) is 1.79. The Hall–Kier alpha value is -2.34. The molecule has 0 fully saturated rings. The summed E-state index contributed by atoms with van der Waals surface area (Å²) in [7, 11) is 0. The molecule has 0 saturated heterocycles. The van der Waals surface area contributed by atoms with Gasteiger partial charge in [0.15, 0.2) is 0 Å². The highest BCUT2D eigenvalue weighted by atomic mass is 32.1. The van der Waals surface area contributed by atoms with Gasteiger partial charge in [0.05, 0.1) is 11.3 Å². The molecule has 0 saturated carbocycles. The van der Waals surface area contributed by atoms with Crippen LogP contribution in [0.15, 0.2) is 36.4 Å². The van der Waals surface area contributed by atoms with E-state index in [9.17, 15) is 13.6 Å². The number of rotatable bonds is 3. The maximum Gasteiger partial charge on any atom is 0.258 e. The molecule has 0 heterocycles. The molecular weight excluding hydrogens is 294 g/mol. The smallest absolute Gasteiger partial charge is 0.258 e. The molecule has 6 heteroatoms. The third-order valence-corrected chi connectivity index (χ3v) is 3.15. The van der Waals surface area contributed by atoms with Crippen molar-refractivity contribution in [2.75, 3.05) is 5.32 Å². The molecule has 2 rings (SSSR count). The molecule has 0 radical (unpaired) electrons. The lowest BCUT2D eigenvalue weighted by atomic mass is 10.1. The van der Waals surface area contributed by atoms with E-state index >= 15 is 0 Å². The topological polar surface area (TPSA) is 55.1 Å². The minimum absolute atomic E-state index is 0.128. The molecule has 0 aliphatic heterocycles. The quantitative estimate of drug-likeness (QED) is 0.857. The normalized spacial score (nSPS) is 10.2. The standard InChI is InChI=1S/C15H12F2N2OS/c1-8-3-2-4-12(13(8)14(18)21)19-15(20)10-6-5-9(16)7-11(10)17/h2-7H,1H3,(H2,18,21)(H,19,20). The molecule has 0 spiro atoms. The van der Waals surface area contributed by atoms with Crippen molar-refractivity contribution in [3.05, 3.63) is 64.7 Å². The van der Waals surface area contributed by atoms with Crippen LogP contribution in [0.4, 0.5) is 14.5 Å². The zero-order chi connectivity index (χ0) is 15.6. The average Bonchev–Trinajstić information content (AvgIpc) is 2.37. The Bertz CT molecular complexity index is 732. The number of carbonyl (C=O) groups is 1. The first kappa shape index (κ1) is 15.1. The number of nitrogens with two attached hydrogens (primary N) is 1. The van der Waals surface area contributed by atoms with Gasteiger partial charge in [0.25, 0.3) is 5.91 Å². The molecule has 0 aliphatic carbocycles. The van der Waals surface area contributed by atoms with Crippen LogP contribution in [-0.2, 0) is 0 Å². The Morgan fingerprint density at radius 2 is 1.95 bits per heavy atom. The van der Waals surface area contributed by atoms with Gasteiger partial charge in [-0.05, 0) is 30.7 Å². The highest BCUT2D eigenvalue weighted by Gasteiger charge is 2.15. The van der Waals surface area contributed by atoms with Gasteiger partial charge in [0, 0.05) is 11.6 Å². The maximum absolute atomic E-state index is 13.6. The number of anilines is 1. The summed E-state index contributed by atoms with van der Waals surface area (Å²) in [5.74, 6) is -2.38. The maximum atomic E-state index is 13.6. The van der Waals surface area contributed by atoms with Crippen LogP contribution in [0, 0.1) is 18.6 Å². The van der Waals surface area contributed by atoms with Crippen LogP contribution in [0.25, 0.3) is 0 Å². The predicted octanol–water partition coefficient (Wildman–Crippen LogP) is 3.16. The number of benzene rings is 2. The lowest BCUT2D eigenvalue weighted by Gasteiger charge is -2.12. The van der Waals surface area contributed by atoms with Crippen molar-refractivity contribution in [2.45, 2.75) is 6.92 Å². The fourth-order valence-corrected chi connectivity index (χ4v) is 2.23. The fraction of sp³-hybridized carbons (Fsp3) is 0.0667. The molecule has 3 nitrogen and oxygen atoms in total. The Kier molecular flexibility index (Phi) is 4.28. The van der Waals surface area contributed by atoms with Crippen LogP contribution < -0.4 is 11.1 Å². The van der Waals surface area contributed by atoms with E-state index < -0.39 is 17.5 Å². The Morgan fingerprint density at radius 1 is 1.24 bits per heavy atom. The minimum Gasteiger partial charge on any atom is -0.389 e. The first-order valence-electron chi connectivity index (χ1n) is 6.06. The van der Waals surface area contributed by atoms with Crippen molar-refractivity contribution in [2.24, 2.45) is 5.73 Å². The van der Waals surface area contributed by atoms with Crippen molar-refractivity contribution < 1.29 is 13.6 Å². The summed E-state index contributed by atoms with van der Waals surface area (Å²) < 4.78 is 26.4. The summed E-state index contributed by atoms with van der Waals surface area (Å²) in [6.07, 6.45) is 0. The molecule has 1 amide bonds. The minimum atomic E-state index is -0.933. The monoisotopic (exact) mass is 306 g/mol. The second-order valence-electron chi connectivity index (χ2n) is 4.44. The van der Waals surface area contributed by atoms with E-state index in [1.165, 1.54) is 0 Å². The molecule has 0 aliphatic rings. The molecule has 0 atom stereocenters. The number of aryl methyl sites for hydroxylation is 1. The highest BCUT2D eigenvalue weighted by molar-refractivity contribution is 7.80. The van der Waals surface area contributed by atoms with E-state index in [2.05, 4.69) is 5.32 Å². The lowest BCUT2D eigenvalue weighted by Crippen LogP contribution is -2.19. The molecule has 21 heavy (non-hydrogen) atoms. The van der Waals surface area contributed by atoms with Gasteiger partial charge in [-0.2, -0.15) is 0 Å². The largest absolute Gasteiger partial charge is 0.389 e. The summed E-state index contributed by atoms with van der Waals surface area (Å²) in [5.41, 5.74) is 7.07. The number of thiocarbonyl (C=S) groups is 1. The van der Waals surface area contributed by atoms with E-state index in [0.717, 1.165) is 17.7 Å². The van der Waals surface area contributed by atoms with Gasteiger partial charge in [-0.15, -0.1) is 0 Å². The number of hydrogen-bond acceptors (Lipinski definition) is 2. The van der Waals surface area contributed by atoms with E-state index in [1.54, 1.807) is 25.1 Å². The molecule has 0 aromatic heterocycles. The second-order valence-corrected chi connectivity index (χ2v) is 4.88. The van der Waals surface area contributed by atoms with Crippen LogP contribution in [0.5, 0.6) is 0 Å². The number of halogens is 2. The van der Waals surface area contributed by atoms with Crippen LogP contribution in [0.3, 0.4) is 0 Å². The van der Waals surface area contributed by atoms with Crippen molar-refractivity contribution >= 4 is 28.8 Å². The molecule has 108 valence electrons. The molecule has 0 bridgehead atoms. The highest BCUT2D eigenvalue weighted by Crippen LogP contribution is 2.21. The average molecular weight is 306 g/mol. The SMILES string of the molecule is Cc1cccc(NC(=O)c2ccc(F)cc2F)c1C(N)=S. The molecule has 2 aromatic rings. The second kappa shape index (κ2) is 5.97. The van der Waals surface area contributed by atoms with Gasteiger partial charge in [0.1, 0.15) is 16.6 Å². The van der Waals surface area contributed by atoms with Gasteiger partial charge in [-0.1, -0.05) is 24.4 Å². The number of amides is 1. The Morgan fingerprint density at radius 3 is 2.57 bits per heavy atom. The third-order valence-electron chi connectivity index (χ3n) is 2.94. The van der Waals surface area contributed by atoms with Crippen molar-refractivity contribution in [3.8, 4) is 0 Å². The van der Waals surface area contributed by atoms with Crippen molar-refractivity contribution in [3.63, 3.8) is 0 Å². The van der Waals surface area contributed by atoms with Crippen LogP contribution in [-0.4, -0.2) is 10.9 Å². The van der Waals surface area contributed by atoms with E-state index in [4.69, 9.17) is 18.0 Å². The van der Waals surface area contributed by atoms with Crippen LogP contribution in [0.1, 0.15) is 21.5 Å². The first-order chi connectivity index (χ1) is 9.90. The summed E-state index contributed by atoms with van der Waals surface area (Å²) >= 11 is 4.95. The van der Waals surface area contributed by atoms with Gasteiger partial charge in [0.2, 0.25) is 0 Å². The third kappa shape index (κ3) is 3.22. The summed E-state index contributed by atoms with van der Waals surface area (Å²) in [5, 5.41) is 2.54. The Labute approximate surface area is 125 Å². The number of hydrogen-bond donors (Lipinski definition) is 2. The van der Waals surface area contributed by atoms with Gasteiger partial charge < -0.3 is 11.1 Å². The van der Waals surface area contributed by atoms with Crippen molar-refractivity contribution in [1.82, 2.24) is 0 Å². The van der Waals surface area contributed by atoms with Gasteiger partial charge in [-0.25, -0.2) is 8.78 Å². The van der Waals surface area contributed by atoms with E-state index in [-0.39, 0.29) is 10.6 Å². The van der Waals surface area contributed by atoms with Crippen LogP contribution >= 0.6 is 12.2 Å². The van der Waals surface area contributed by atoms with E-state index in [1.807, 2.05) is 0 Å². The number of nitrogens with one attached hydrogen (secondary N) is 1. The zero-order valence-corrected chi connectivity index (χ0v) is 11.9. The molecule has 2 aromatic carbocycles. The van der Waals surface area contributed by atoms with Crippen molar-refractivity contribution in [1.29, 1.82) is 0 Å². The number of carbonyl (C=O) groups excluding carboxylic acids is 1. The summed E-state index contributed by atoms with van der Waals surface area (Å²) in [4.78, 5) is 12.2. The first-order valence-corrected chi connectivity index (χ1v) is 6.47. The molecular formula is C15H12F2N2OS. The zero-order valence-electron chi connectivity index (χ0n) is 11.1. The fourth-order valence-electron chi connectivity index (χ4n) is 1.96. The summed E-state index contributed by atoms with van der Waals surface area (Å²) in [6, 6.07) is 7.87. The lowest BCUT2D eigenvalue weighted by molar-refractivity contribution is 0.102. The van der Waals surface area contributed by atoms with Crippen LogP contribution in [0.2, 0.25) is 0 Å². The molecule has 0 unspecified atom stereocenters.